The molecule has 3 N–H and O–H groups in total. The van der Waals surface area contributed by atoms with Gasteiger partial charge in [0.1, 0.15) is 11.9 Å². The van der Waals surface area contributed by atoms with Gasteiger partial charge in [-0.1, -0.05) is 0 Å². The highest BCUT2D eigenvalue weighted by atomic mass is 19.4. The van der Waals surface area contributed by atoms with Crippen LogP contribution in [0.3, 0.4) is 0 Å². The molecule has 0 heterocycles. The summed E-state index contributed by atoms with van der Waals surface area (Å²) >= 11 is 0. The lowest BCUT2D eigenvalue weighted by Crippen LogP contribution is -2.29. The van der Waals surface area contributed by atoms with Crippen molar-refractivity contribution in [1.82, 2.24) is 0 Å². The van der Waals surface area contributed by atoms with Crippen LogP contribution in [0.15, 0.2) is 12.1 Å². The number of phenolic OH excluding ortho intramolecular Hbond substituents is 1. The van der Waals surface area contributed by atoms with Gasteiger partial charge in [0, 0.05) is 6.07 Å². The highest BCUT2D eigenvalue weighted by Gasteiger charge is 2.42. The highest BCUT2D eigenvalue weighted by Crippen LogP contribution is 2.40. The van der Waals surface area contributed by atoms with E-state index in [0.717, 1.165) is 0 Å². The van der Waals surface area contributed by atoms with Gasteiger partial charge in [0.2, 0.25) is 5.75 Å². The van der Waals surface area contributed by atoms with Crippen LogP contribution in [0.2, 0.25) is 0 Å². The Morgan fingerprint density at radius 3 is 2.35 bits per heavy atom. The van der Waals surface area contributed by atoms with Crippen LogP contribution in [-0.2, 0) is 0 Å². The summed E-state index contributed by atoms with van der Waals surface area (Å²) in [5.41, 5.74) is 2.31. The third-order valence-electron chi connectivity index (χ3n) is 2.00. The summed E-state index contributed by atoms with van der Waals surface area (Å²) < 4.78 is 49.9. The maximum Gasteiger partial charge on any atom is 0.407 e. The number of nitro groups is 1. The maximum atomic E-state index is 13.1. The first-order valence-electron chi connectivity index (χ1n) is 4.14. The third-order valence-corrected chi connectivity index (χ3v) is 2.00. The molecule has 5 nitrogen and oxygen atoms in total. The number of halogens is 4. The van der Waals surface area contributed by atoms with E-state index in [0.29, 0.717) is 12.1 Å². The van der Waals surface area contributed by atoms with Gasteiger partial charge in [-0.2, -0.15) is 13.2 Å². The minimum atomic E-state index is -5.02. The fourth-order valence-electron chi connectivity index (χ4n) is 1.18. The standard InChI is InChI=1S/C8H6F4N2O3/c9-3-1-2-4(14(16)17)6(15)5(3)7(13)8(10,11)12/h1-2,7,15H,13H2/t7-/m0/s1. The number of phenols is 1. The van der Waals surface area contributed by atoms with Crippen LogP contribution in [0.4, 0.5) is 23.2 Å². The van der Waals surface area contributed by atoms with Crippen LogP contribution in [-0.4, -0.2) is 16.2 Å². The molecule has 1 atom stereocenters. The number of alkyl halides is 3. The molecule has 0 saturated carbocycles. The second kappa shape index (κ2) is 4.17. The predicted octanol–water partition coefficient (Wildman–Crippen LogP) is 2.00. The first-order valence-corrected chi connectivity index (χ1v) is 4.14. The van der Waals surface area contributed by atoms with Crippen molar-refractivity contribution in [1.29, 1.82) is 0 Å². The van der Waals surface area contributed by atoms with E-state index in [1.165, 1.54) is 0 Å². The van der Waals surface area contributed by atoms with Gasteiger partial charge in [-0.15, -0.1) is 0 Å². The Morgan fingerprint density at radius 2 is 1.94 bits per heavy atom. The zero-order valence-corrected chi connectivity index (χ0v) is 8.03. The molecule has 0 aliphatic carbocycles. The van der Waals surface area contributed by atoms with Gasteiger partial charge in [0.15, 0.2) is 0 Å². The fraction of sp³-hybridized carbons (Fsp3) is 0.250. The Labute approximate surface area is 91.6 Å². The number of benzene rings is 1. The maximum absolute atomic E-state index is 13.1. The number of hydrogen-bond acceptors (Lipinski definition) is 4. The van der Waals surface area contributed by atoms with Gasteiger partial charge < -0.3 is 10.8 Å². The fourth-order valence-corrected chi connectivity index (χ4v) is 1.18. The number of aromatic hydroxyl groups is 1. The van der Waals surface area contributed by atoms with Crippen LogP contribution >= 0.6 is 0 Å². The van der Waals surface area contributed by atoms with E-state index in [2.05, 4.69) is 0 Å². The Morgan fingerprint density at radius 1 is 1.41 bits per heavy atom. The SMILES string of the molecule is N[C@@H](c1c(F)ccc([N+](=O)[O-])c1O)C(F)(F)F. The molecule has 0 unspecified atom stereocenters. The van der Waals surface area contributed by atoms with Crippen molar-refractivity contribution in [3.8, 4) is 5.75 Å². The van der Waals surface area contributed by atoms with Crippen molar-refractivity contribution in [3.63, 3.8) is 0 Å². The average molecular weight is 254 g/mol. The van der Waals surface area contributed by atoms with Crippen molar-refractivity contribution in [3.05, 3.63) is 33.6 Å². The van der Waals surface area contributed by atoms with Crippen LogP contribution in [0, 0.1) is 15.9 Å². The molecular formula is C8H6F4N2O3. The van der Waals surface area contributed by atoms with Crippen LogP contribution in [0.1, 0.15) is 11.6 Å². The predicted molar refractivity (Wildman–Crippen MR) is 47.7 cm³/mol. The normalized spacial score (nSPS) is 13.5. The molecule has 0 aromatic heterocycles. The molecule has 1 rings (SSSR count). The largest absolute Gasteiger partial charge is 0.502 e. The summed E-state index contributed by atoms with van der Waals surface area (Å²) in [6, 6.07) is -1.84. The van der Waals surface area contributed by atoms with Crippen molar-refractivity contribution >= 4 is 5.69 Å². The van der Waals surface area contributed by atoms with Gasteiger partial charge in [-0.25, -0.2) is 4.39 Å². The zero-order chi connectivity index (χ0) is 13.4. The van der Waals surface area contributed by atoms with Crippen LogP contribution in [0.25, 0.3) is 0 Å². The minimum Gasteiger partial charge on any atom is -0.502 e. The number of nitro benzene ring substituents is 1. The van der Waals surface area contributed by atoms with E-state index in [4.69, 9.17) is 5.73 Å². The molecule has 0 amide bonds. The molecule has 0 radical (unpaired) electrons. The monoisotopic (exact) mass is 254 g/mol. The van der Waals surface area contributed by atoms with Gasteiger partial charge in [-0.3, -0.25) is 10.1 Å². The molecule has 0 aliphatic rings. The second-order valence-corrected chi connectivity index (χ2v) is 3.11. The zero-order valence-electron chi connectivity index (χ0n) is 8.03. The van der Waals surface area contributed by atoms with E-state index < -0.39 is 40.0 Å². The summed E-state index contributed by atoms with van der Waals surface area (Å²) in [6.45, 7) is 0. The van der Waals surface area contributed by atoms with Crippen molar-refractivity contribution in [2.24, 2.45) is 5.73 Å². The van der Waals surface area contributed by atoms with Crippen molar-refractivity contribution < 1.29 is 27.6 Å². The molecule has 0 aliphatic heterocycles. The van der Waals surface area contributed by atoms with E-state index >= 15 is 0 Å². The van der Waals surface area contributed by atoms with Crippen LogP contribution in [0.5, 0.6) is 5.75 Å². The lowest BCUT2D eigenvalue weighted by atomic mass is 10.0. The number of hydrogen-bond donors (Lipinski definition) is 2. The summed E-state index contributed by atoms with van der Waals surface area (Å²) in [5.74, 6) is -2.88. The van der Waals surface area contributed by atoms with Gasteiger partial charge in [-0.05, 0) is 6.07 Å². The molecule has 1 aromatic rings. The van der Waals surface area contributed by atoms with Crippen molar-refractivity contribution in [2.45, 2.75) is 12.2 Å². The number of nitrogens with zero attached hydrogens (tertiary/aromatic N) is 1. The van der Waals surface area contributed by atoms with E-state index in [1.54, 1.807) is 0 Å². The van der Waals surface area contributed by atoms with E-state index in [9.17, 15) is 32.8 Å². The molecule has 0 fully saturated rings. The number of nitrogens with two attached hydrogens (primary N) is 1. The Bertz CT molecular complexity index is 461. The Hall–Kier alpha value is -1.90. The highest BCUT2D eigenvalue weighted by molar-refractivity contribution is 5.52. The van der Waals surface area contributed by atoms with Gasteiger partial charge >= 0.3 is 11.9 Å². The van der Waals surface area contributed by atoms with E-state index in [-0.39, 0.29) is 0 Å². The number of rotatable bonds is 2. The first kappa shape index (κ1) is 13.2. The van der Waals surface area contributed by atoms with Crippen LogP contribution < -0.4 is 5.73 Å². The van der Waals surface area contributed by atoms with E-state index in [1.807, 2.05) is 0 Å². The second-order valence-electron chi connectivity index (χ2n) is 3.11. The van der Waals surface area contributed by atoms with Gasteiger partial charge in [0.05, 0.1) is 10.5 Å². The summed E-state index contributed by atoms with van der Waals surface area (Å²) in [6.07, 6.45) is -5.02. The summed E-state index contributed by atoms with van der Waals surface area (Å²) in [5, 5.41) is 19.6. The molecule has 0 saturated heterocycles. The molecule has 17 heavy (non-hydrogen) atoms. The molecule has 9 heteroatoms. The quantitative estimate of drug-likeness (QED) is 0.480. The molecular weight excluding hydrogens is 248 g/mol. The molecule has 94 valence electrons. The minimum absolute atomic E-state index is 0.443. The summed E-state index contributed by atoms with van der Waals surface area (Å²) in [4.78, 5) is 9.22. The molecule has 1 aromatic carbocycles. The summed E-state index contributed by atoms with van der Waals surface area (Å²) in [7, 11) is 0. The lowest BCUT2D eigenvalue weighted by molar-refractivity contribution is -0.386. The topological polar surface area (TPSA) is 89.4 Å². The Kier molecular flexibility index (Phi) is 3.23. The first-order chi connectivity index (χ1) is 7.66. The molecule has 0 bridgehead atoms. The third kappa shape index (κ3) is 2.44. The van der Waals surface area contributed by atoms with Crippen molar-refractivity contribution in [2.75, 3.05) is 0 Å². The molecule has 0 spiro atoms. The average Bonchev–Trinajstić information content (AvgIpc) is 2.15. The lowest BCUT2D eigenvalue weighted by Gasteiger charge is -2.17. The smallest absolute Gasteiger partial charge is 0.407 e. The Balaban J connectivity index is 3.42. The van der Waals surface area contributed by atoms with Gasteiger partial charge in [0.25, 0.3) is 0 Å².